The molecule has 6 heteroatoms. The van der Waals surface area contributed by atoms with Crippen LogP contribution in [-0.4, -0.2) is 34.7 Å². The Morgan fingerprint density at radius 3 is 2.83 bits per heavy atom. The van der Waals surface area contributed by atoms with Crippen molar-refractivity contribution in [3.63, 3.8) is 0 Å². The number of imidazole rings is 1. The number of nitrogens with zero attached hydrogens (tertiary/aromatic N) is 1. The van der Waals surface area contributed by atoms with Gasteiger partial charge in [0.2, 0.25) is 0 Å². The van der Waals surface area contributed by atoms with E-state index >= 15 is 0 Å². The number of carbonyl (C=O) groups is 1. The van der Waals surface area contributed by atoms with E-state index in [4.69, 9.17) is 4.74 Å². The topological polar surface area (TPSA) is 79.0 Å². The summed E-state index contributed by atoms with van der Waals surface area (Å²) < 4.78 is 5.22. The molecule has 1 aliphatic rings. The molecule has 1 aromatic heterocycles. The molecule has 0 radical (unpaired) electrons. The molecule has 3 rings (SSSR count). The first-order valence-corrected chi connectivity index (χ1v) is 7.98. The molecule has 1 heterocycles. The van der Waals surface area contributed by atoms with E-state index in [1.807, 2.05) is 36.5 Å². The summed E-state index contributed by atoms with van der Waals surface area (Å²) in [5.74, 6) is 0.996. The highest BCUT2D eigenvalue weighted by molar-refractivity contribution is 5.67. The standard InChI is InChI=1S/C17H22N4O2/c22-17(23-12-13-4-2-1-3-5-13)21-15-10-14(11-15)18-7-6-16-19-8-9-20-16/h1-5,8-9,14-15,18H,6-7,10-12H2,(H,19,20)(H,21,22). The molecule has 3 N–H and O–H groups in total. The maximum absolute atomic E-state index is 11.7. The number of aromatic amines is 1. The molecule has 0 atom stereocenters. The van der Waals surface area contributed by atoms with Gasteiger partial charge in [-0.15, -0.1) is 0 Å². The van der Waals surface area contributed by atoms with Crippen LogP contribution in [0.5, 0.6) is 0 Å². The third-order valence-corrected chi connectivity index (χ3v) is 4.02. The first-order chi connectivity index (χ1) is 11.3. The Morgan fingerprint density at radius 2 is 2.09 bits per heavy atom. The van der Waals surface area contributed by atoms with Gasteiger partial charge in [0, 0.05) is 37.4 Å². The molecule has 1 aromatic carbocycles. The van der Waals surface area contributed by atoms with Gasteiger partial charge < -0.3 is 20.4 Å². The fraction of sp³-hybridized carbons (Fsp3) is 0.412. The Morgan fingerprint density at radius 1 is 1.26 bits per heavy atom. The lowest BCUT2D eigenvalue weighted by atomic mass is 9.87. The second-order valence-electron chi connectivity index (χ2n) is 5.81. The number of rotatable bonds is 7. The van der Waals surface area contributed by atoms with Gasteiger partial charge in [-0.25, -0.2) is 9.78 Å². The van der Waals surface area contributed by atoms with Crippen LogP contribution in [0.4, 0.5) is 4.79 Å². The molecule has 23 heavy (non-hydrogen) atoms. The summed E-state index contributed by atoms with van der Waals surface area (Å²) >= 11 is 0. The number of amides is 1. The van der Waals surface area contributed by atoms with Crippen LogP contribution < -0.4 is 10.6 Å². The smallest absolute Gasteiger partial charge is 0.407 e. The minimum absolute atomic E-state index is 0.208. The molecule has 0 aliphatic heterocycles. The van der Waals surface area contributed by atoms with Crippen molar-refractivity contribution < 1.29 is 9.53 Å². The van der Waals surface area contributed by atoms with Crippen LogP contribution in [-0.2, 0) is 17.8 Å². The largest absolute Gasteiger partial charge is 0.445 e. The summed E-state index contributed by atoms with van der Waals surface area (Å²) in [7, 11) is 0. The number of nitrogens with one attached hydrogen (secondary N) is 3. The van der Waals surface area contributed by atoms with Crippen molar-refractivity contribution in [1.82, 2.24) is 20.6 Å². The maximum Gasteiger partial charge on any atom is 0.407 e. The van der Waals surface area contributed by atoms with Crippen LogP contribution in [0, 0.1) is 0 Å². The van der Waals surface area contributed by atoms with E-state index in [9.17, 15) is 4.79 Å². The van der Waals surface area contributed by atoms with E-state index in [0.717, 1.165) is 37.2 Å². The zero-order chi connectivity index (χ0) is 15.9. The Balaban J connectivity index is 1.25. The van der Waals surface area contributed by atoms with Gasteiger partial charge in [0.25, 0.3) is 0 Å². The van der Waals surface area contributed by atoms with Crippen LogP contribution in [0.3, 0.4) is 0 Å². The molecule has 2 aromatic rings. The quantitative estimate of drug-likeness (QED) is 0.730. The zero-order valence-corrected chi connectivity index (χ0v) is 13.0. The molecule has 0 saturated heterocycles. The Labute approximate surface area is 135 Å². The lowest BCUT2D eigenvalue weighted by Crippen LogP contribution is -2.52. The number of H-pyrrole nitrogens is 1. The highest BCUT2D eigenvalue weighted by atomic mass is 16.5. The molecule has 1 fully saturated rings. The van der Waals surface area contributed by atoms with Crippen LogP contribution in [0.2, 0.25) is 0 Å². The van der Waals surface area contributed by atoms with Crippen LogP contribution in [0.15, 0.2) is 42.7 Å². The predicted molar refractivity (Wildman–Crippen MR) is 86.9 cm³/mol. The van der Waals surface area contributed by atoms with Gasteiger partial charge in [0.05, 0.1) is 0 Å². The number of hydrogen-bond donors (Lipinski definition) is 3. The summed E-state index contributed by atoms with van der Waals surface area (Å²) in [5, 5.41) is 6.37. The molecule has 0 unspecified atom stereocenters. The Hall–Kier alpha value is -2.34. The summed E-state index contributed by atoms with van der Waals surface area (Å²) in [5.41, 5.74) is 0.994. The first-order valence-electron chi connectivity index (χ1n) is 7.98. The lowest BCUT2D eigenvalue weighted by Gasteiger charge is -2.36. The van der Waals surface area contributed by atoms with Gasteiger partial charge in [-0.3, -0.25) is 0 Å². The second kappa shape index (κ2) is 7.78. The highest BCUT2D eigenvalue weighted by Crippen LogP contribution is 2.20. The summed E-state index contributed by atoms with van der Waals surface area (Å²) in [4.78, 5) is 19.0. The van der Waals surface area contributed by atoms with Crippen LogP contribution >= 0.6 is 0 Å². The fourth-order valence-electron chi connectivity index (χ4n) is 2.66. The number of carbonyl (C=O) groups excluding carboxylic acids is 1. The molecule has 1 aliphatic carbocycles. The third-order valence-electron chi connectivity index (χ3n) is 4.02. The predicted octanol–water partition coefficient (Wildman–Crippen LogP) is 2.00. The monoisotopic (exact) mass is 314 g/mol. The average molecular weight is 314 g/mol. The molecular weight excluding hydrogens is 292 g/mol. The van der Waals surface area contributed by atoms with Crippen molar-refractivity contribution in [2.75, 3.05) is 6.54 Å². The van der Waals surface area contributed by atoms with Crippen molar-refractivity contribution in [3.05, 3.63) is 54.1 Å². The number of hydrogen-bond acceptors (Lipinski definition) is 4. The van der Waals surface area contributed by atoms with Gasteiger partial charge in [-0.1, -0.05) is 30.3 Å². The van der Waals surface area contributed by atoms with Crippen LogP contribution in [0.1, 0.15) is 24.2 Å². The molecule has 122 valence electrons. The van der Waals surface area contributed by atoms with Crippen molar-refractivity contribution in [3.8, 4) is 0 Å². The highest BCUT2D eigenvalue weighted by Gasteiger charge is 2.30. The van der Waals surface area contributed by atoms with E-state index in [2.05, 4.69) is 20.6 Å². The van der Waals surface area contributed by atoms with Crippen molar-refractivity contribution in [2.45, 2.75) is 38.0 Å². The molecule has 1 amide bonds. The molecule has 0 spiro atoms. The van der Waals surface area contributed by atoms with E-state index in [1.54, 1.807) is 6.20 Å². The van der Waals surface area contributed by atoms with Gasteiger partial charge in [0.15, 0.2) is 0 Å². The van der Waals surface area contributed by atoms with E-state index < -0.39 is 0 Å². The molecular formula is C17H22N4O2. The summed E-state index contributed by atoms with van der Waals surface area (Å²) in [6.45, 7) is 1.20. The number of ether oxygens (including phenoxy) is 1. The summed E-state index contributed by atoms with van der Waals surface area (Å²) in [6.07, 6.45) is 6.03. The number of benzene rings is 1. The minimum atomic E-state index is -0.340. The maximum atomic E-state index is 11.7. The zero-order valence-electron chi connectivity index (χ0n) is 13.0. The Bertz CT molecular complexity index is 594. The third kappa shape index (κ3) is 4.82. The SMILES string of the molecule is O=C(NC1CC(NCCc2ncc[nH]2)C1)OCc1ccccc1. The van der Waals surface area contributed by atoms with E-state index in [0.29, 0.717) is 12.6 Å². The van der Waals surface area contributed by atoms with E-state index in [1.165, 1.54) is 0 Å². The van der Waals surface area contributed by atoms with Gasteiger partial charge in [-0.05, 0) is 18.4 Å². The normalized spacial score (nSPS) is 19.8. The molecule has 1 saturated carbocycles. The minimum Gasteiger partial charge on any atom is -0.445 e. The van der Waals surface area contributed by atoms with Gasteiger partial charge in [0.1, 0.15) is 12.4 Å². The molecule has 6 nitrogen and oxygen atoms in total. The second-order valence-corrected chi connectivity index (χ2v) is 5.81. The Kier molecular flexibility index (Phi) is 5.26. The fourth-order valence-corrected chi connectivity index (χ4v) is 2.66. The molecule has 0 bridgehead atoms. The van der Waals surface area contributed by atoms with Gasteiger partial charge in [-0.2, -0.15) is 0 Å². The van der Waals surface area contributed by atoms with Crippen molar-refractivity contribution in [2.24, 2.45) is 0 Å². The van der Waals surface area contributed by atoms with Crippen LogP contribution in [0.25, 0.3) is 0 Å². The number of aromatic nitrogens is 2. The summed E-state index contributed by atoms with van der Waals surface area (Å²) in [6, 6.07) is 10.4. The average Bonchev–Trinajstić information content (AvgIpc) is 3.05. The van der Waals surface area contributed by atoms with Gasteiger partial charge >= 0.3 is 6.09 Å². The first kappa shape index (κ1) is 15.6. The lowest BCUT2D eigenvalue weighted by molar-refractivity contribution is 0.125. The van der Waals surface area contributed by atoms with E-state index in [-0.39, 0.29) is 12.1 Å². The van der Waals surface area contributed by atoms with Crippen molar-refractivity contribution >= 4 is 6.09 Å². The van der Waals surface area contributed by atoms with Crippen molar-refractivity contribution in [1.29, 1.82) is 0 Å². The number of alkyl carbamates (subject to hydrolysis) is 1.